The van der Waals surface area contributed by atoms with Crippen molar-refractivity contribution in [3.63, 3.8) is 0 Å². The van der Waals surface area contributed by atoms with Gasteiger partial charge >= 0.3 is 0 Å². The number of fused-ring (bicyclic) bond motifs is 1. The van der Waals surface area contributed by atoms with Crippen LogP contribution >= 0.6 is 11.3 Å². The second kappa shape index (κ2) is 6.47. The fourth-order valence-electron chi connectivity index (χ4n) is 3.39. The average Bonchev–Trinajstić information content (AvgIpc) is 3.16. The summed E-state index contributed by atoms with van der Waals surface area (Å²) in [6, 6.07) is 17.0. The second-order valence-corrected chi connectivity index (χ2v) is 7.21. The number of aryl methyl sites for hydroxylation is 2. The molecule has 0 unspecified atom stereocenters. The van der Waals surface area contributed by atoms with Gasteiger partial charge in [0.15, 0.2) is 4.96 Å². The normalized spacial score (nSPS) is 11.3. The van der Waals surface area contributed by atoms with E-state index in [1.807, 2.05) is 6.07 Å². The number of aromatic nitrogens is 2. The van der Waals surface area contributed by atoms with Crippen LogP contribution in [0.15, 0.2) is 53.9 Å². The van der Waals surface area contributed by atoms with E-state index in [0.29, 0.717) is 6.54 Å². The summed E-state index contributed by atoms with van der Waals surface area (Å²) in [7, 11) is 0. The van der Waals surface area contributed by atoms with E-state index in [1.54, 1.807) is 11.3 Å². The topological polar surface area (TPSA) is 43.3 Å². The zero-order chi connectivity index (χ0) is 17.4. The van der Waals surface area contributed by atoms with Crippen LogP contribution in [0.4, 0.5) is 0 Å². The molecule has 0 fully saturated rings. The number of nitrogens with zero attached hydrogens (tertiary/aromatic N) is 2. The van der Waals surface area contributed by atoms with Gasteiger partial charge in [0.2, 0.25) is 0 Å². The first-order chi connectivity index (χ1) is 12.2. The molecule has 0 saturated carbocycles. The summed E-state index contributed by atoms with van der Waals surface area (Å²) in [4.78, 5) is 5.99. The summed E-state index contributed by atoms with van der Waals surface area (Å²) in [5.74, 6) is 0. The number of nitrogens with two attached hydrogens (primary N) is 1. The Labute approximate surface area is 151 Å². The summed E-state index contributed by atoms with van der Waals surface area (Å²) < 4.78 is 2.28. The maximum atomic E-state index is 5.94. The molecule has 2 aromatic carbocycles. The smallest absolute Gasteiger partial charge is 0.194 e. The molecule has 0 amide bonds. The quantitative estimate of drug-likeness (QED) is 0.573. The Bertz CT molecular complexity index is 1030. The van der Waals surface area contributed by atoms with Gasteiger partial charge in [0.1, 0.15) is 0 Å². The van der Waals surface area contributed by atoms with Gasteiger partial charge in [-0.2, -0.15) is 0 Å². The Balaban J connectivity index is 1.97. The van der Waals surface area contributed by atoms with Crippen molar-refractivity contribution in [1.29, 1.82) is 0 Å². The van der Waals surface area contributed by atoms with Crippen molar-refractivity contribution in [1.82, 2.24) is 9.38 Å². The molecule has 0 aliphatic carbocycles. The standard InChI is InChI=1S/C21H21N3S/c1-14-8-9-17(15(2)12-14)20-18(10-11-22)24-19(13-25-21(24)23-20)16-6-4-3-5-7-16/h3-9,12-13H,10-11,22H2,1-2H3. The van der Waals surface area contributed by atoms with Gasteiger partial charge in [0.25, 0.3) is 0 Å². The van der Waals surface area contributed by atoms with E-state index in [-0.39, 0.29) is 0 Å². The van der Waals surface area contributed by atoms with Crippen molar-refractivity contribution >= 4 is 16.3 Å². The van der Waals surface area contributed by atoms with E-state index in [4.69, 9.17) is 10.7 Å². The highest BCUT2D eigenvalue weighted by Gasteiger charge is 2.19. The van der Waals surface area contributed by atoms with Gasteiger partial charge in [-0.05, 0) is 31.5 Å². The molecule has 2 N–H and O–H groups in total. The number of benzene rings is 2. The summed E-state index contributed by atoms with van der Waals surface area (Å²) in [6.45, 7) is 4.88. The van der Waals surface area contributed by atoms with E-state index in [1.165, 1.54) is 33.6 Å². The summed E-state index contributed by atoms with van der Waals surface area (Å²) in [5.41, 5.74) is 14.3. The Kier molecular flexibility index (Phi) is 4.15. The van der Waals surface area contributed by atoms with E-state index in [2.05, 4.69) is 66.1 Å². The Hall–Kier alpha value is -2.43. The molecular weight excluding hydrogens is 326 g/mol. The SMILES string of the molecule is Cc1ccc(-c2nc3scc(-c4ccccc4)n3c2CCN)c(C)c1. The molecular formula is C21H21N3S. The zero-order valence-electron chi connectivity index (χ0n) is 14.5. The highest BCUT2D eigenvalue weighted by atomic mass is 32.1. The molecule has 0 spiro atoms. The lowest BCUT2D eigenvalue weighted by Gasteiger charge is -2.09. The first-order valence-corrected chi connectivity index (χ1v) is 9.39. The van der Waals surface area contributed by atoms with Crippen molar-refractivity contribution in [3.05, 3.63) is 70.7 Å². The molecule has 4 rings (SSSR count). The minimum Gasteiger partial charge on any atom is -0.330 e. The average molecular weight is 347 g/mol. The second-order valence-electron chi connectivity index (χ2n) is 6.37. The third-order valence-electron chi connectivity index (χ3n) is 4.55. The molecule has 0 aliphatic rings. The summed E-state index contributed by atoms with van der Waals surface area (Å²) >= 11 is 1.68. The number of thiazole rings is 1. The molecule has 0 bridgehead atoms. The highest BCUT2D eigenvalue weighted by molar-refractivity contribution is 7.15. The van der Waals surface area contributed by atoms with E-state index < -0.39 is 0 Å². The molecule has 126 valence electrons. The van der Waals surface area contributed by atoms with Gasteiger partial charge in [0.05, 0.1) is 17.1 Å². The first kappa shape index (κ1) is 16.1. The molecule has 0 saturated heterocycles. The van der Waals surface area contributed by atoms with Crippen LogP contribution < -0.4 is 5.73 Å². The van der Waals surface area contributed by atoms with Crippen molar-refractivity contribution < 1.29 is 0 Å². The van der Waals surface area contributed by atoms with Gasteiger partial charge in [-0.25, -0.2) is 4.98 Å². The van der Waals surface area contributed by atoms with Gasteiger partial charge in [0, 0.05) is 17.4 Å². The largest absolute Gasteiger partial charge is 0.330 e. The Morgan fingerprint density at radius 2 is 1.88 bits per heavy atom. The maximum absolute atomic E-state index is 5.94. The molecule has 0 aliphatic heterocycles. The third-order valence-corrected chi connectivity index (χ3v) is 5.37. The van der Waals surface area contributed by atoms with Gasteiger partial charge in [-0.3, -0.25) is 4.40 Å². The van der Waals surface area contributed by atoms with Gasteiger partial charge in [-0.1, -0.05) is 54.1 Å². The van der Waals surface area contributed by atoms with Crippen LogP contribution in [0.25, 0.3) is 27.5 Å². The molecule has 3 nitrogen and oxygen atoms in total. The van der Waals surface area contributed by atoms with Gasteiger partial charge < -0.3 is 5.73 Å². The van der Waals surface area contributed by atoms with E-state index in [9.17, 15) is 0 Å². The van der Waals surface area contributed by atoms with Gasteiger partial charge in [-0.15, -0.1) is 11.3 Å². The van der Waals surface area contributed by atoms with Crippen LogP contribution in [-0.2, 0) is 6.42 Å². The van der Waals surface area contributed by atoms with Crippen LogP contribution in [0.2, 0.25) is 0 Å². The predicted octanol–water partition coefficient (Wildman–Crippen LogP) is 4.85. The minimum absolute atomic E-state index is 0.607. The Morgan fingerprint density at radius 3 is 2.60 bits per heavy atom. The zero-order valence-corrected chi connectivity index (χ0v) is 15.3. The summed E-state index contributed by atoms with van der Waals surface area (Å²) in [5, 5.41) is 2.18. The lowest BCUT2D eigenvalue weighted by Crippen LogP contribution is -2.07. The van der Waals surface area contributed by atoms with Crippen molar-refractivity contribution in [2.75, 3.05) is 6.54 Å². The third kappa shape index (κ3) is 2.77. The highest BCUT2D eigenvalue weighted by Crippen LogP contribution is 2.34. The lowest BCUT2D eigenvalue weighted by molar-refractivity contribution is 0.913. The molecule has 4 heteroatoms. The molecule has 2 heterocycles. The van der Waals surface area contributed by atoms with Crippen LogP contribution in [0.3, 0.4) is 0 Å². The lowest BCUT2D eigenvalue weighted by atomic mass is 10.0. The van der Waals surface area contributed by atoms with E-state index in [0.717, 1.165) is 17.1 Å². The predicted molar refractivity (Wildman–Crippen MR) is 106 cm³/mol. The molecule has 2 aromatic heterocycles. The molecule has 25 heavy (non-hydrogen) atoms. The first-order valence-electron chi connectivity index (χ1n) is 8.51. The number of hydrogen-bond donors (Lipinski definition) is 1. The van der Waals surface area contributed by atoms with Crippen molar-refractivity contribution in [2.24, 2.45) is 5.73 Å². The molecule has 0 radical (unpaired) electrons. The molecule has 4 aromatic rings. The fraction of sp³-hybridized carbons (Fsp3) is 0.190. The minimum atomic E-state index is 0.607. The van der Waals surface area contributed by atoms with Crippen LogP contribution in [-0.4, -0.2) is 15.9 Å². The monoisotopic (exact) mass is 347 g/mol. The molecule has 0 atom stereocenters. The summed E-state index contributed by atoms with van der Waals surface area (Å²) in [6.07, 6.45) is 0.806. The number of rotatable bonds is 4. The van der Waals surface area contributed by atoms with E-state index >= 15 is 0 Å². The van der Waals surface area contributed by atoms with Crippen LogP contribution in [0.5, 0.6) is 0 Å². The van der Waals surface area contributed by atoms with Crippen molar-refractivity contribution in [3.8, 4) is 22.5 Å². The van der Waals surface area contributed by atoms with Crippen LogP contribution in [0.1, 0.15) is 16.8 Å². The Morgan fingerprint density at radius 1 is 1.08 bits per heavy atom. The van der Waals surface area contributed by atoms with Crippen LogP contribution in [0, 0.1) is 13.8 Å². The maximum Gasteiger partial charge on any atom is 0.194 e. The fourth-order valence-corrected chi connectivity index (χ4v) is 4.30. The number of hydrogen-bond acceptors (Lipinski definition) is 3. The van der Waals surface area contributed by atoms with Crippen molar-refractivity contribution in [2.45, 2.75) is 20.3 Å². The number of imidazole rings is 1.